The highest BCUT2D eigenvalue weighted by molar-refractivity contribution is 5.68. The maximum atomic E-state index is 11.9. The van der Waals surface area contributed by atoms with Gasteiger partial charge >= 0.3 is 6.09 Å². The number of nitrogens with zero attached hydrogens (tertiary/aromatic N) is 2. The van der Waals surface area contributed by atoms with E-state index in [0.29, 0.717) is 18.4 Å². The molecule has 1 unspecified atom stereocenters. The van der Waals surface area contributed by atoms with Gasteiger partial charge in [0.05, 0.1) is 0 Å². The van der Waals surface area contributed by atoms with Gasteiger partial charge in [-0.2, -0.15) is 0 Å². The van der Waals surface area contributed by atoms with Crippen molar-refractivity contribution in [2.45, 2.75) is 46.1 Å². The second-order valence-corrected chi connectivity index (χ2v) is 6.12. The quantitative estimate of drug-likeness (QED) is 0.707. The van der Waals surface area contributed by atoms with E-state index in [2.05, 4.69) is 11.8 Å². The highest BCUT2D eigenvalue weighted by Crippen LogP contribution is 2.26. The lowest BCUT2D eigenvalue weighted by atomic mass is 9.85. The Balaban J connectivity index is 2.40. The van der Waals surface area contributed by atoms with Gasteiger partial charge < -0.3 is 14.5 Å². The monoisotopic (exact) mass is 252 g/mol. The third-order valence-corrected chi connectivity index (χ3v) is 3.38. The predicted molar refractivity (Wildman–Crippen MR) is 71.2 cm³/mol. The molecule has 0 bridgehead atoms. The lowest BCUT2D eigenvalue weighted by molar-refractivity contribution is 0.0166. The lowest BCUT2D eigenvalue weighted by Gasteiger charge is -2.34. The van der Waals surface area contributed by atoms with E-state index in [1.54, 1.807) is 4.90 Å². The highest BCUT2D eigenvalue weighted by atomic mass is 16.6. The van der Waals surface area contributed by atoms with Gasteiger partial charge in [0.15, 0.2) is 0 Å². The number of amides is 1. The smallest absolute Gasteiger partial charge is 0.410 e. The van der Waals surface area contributed by atoms with Crippen molar-refractivity contribution in [2.75, 3.05) is 19.6 Å². The minimum Gasteiger partial charge on any atom is -0.444 e. The van der Waals surface area contributed by atoms with E-state index in [1.165, 1.54) is 0 Å². The van der Waals surface area contributed by atoms with Gasteiger partial charge in [-0.1, -0.05) is 6.92 Å². The number of carbonyl (C=O) groups is 1. The minimum absolute atomic E-state index is 0.209. The van der Waals surface area contributed by atoms with Crippen molar-refractivity contribution >= 4 is 6.09 Å². The molecule has 1 atom stereocenters. The van der Waals surface area contributed by atoms with Gasteiger partial charge in [-0.25, -0.2) is 11.4 Å². The fraction of sp³-hybridized carbons (Fsp3) is 0.857. The van der Waals surface area contributed by atoms with Gasteiger partial charge in [-0.05, 0) is 39.5 Å². The first-order valence-corrected chi connectivity index (χ1v) is 6.64. The van der Waals surface area contributed by atoms with Crippen molar-refractivity contribution in [3.63, 3.8) is 0 Å². The second-order valence-electron chi connectivity index (χ2n) is 6.12. The van der Waals surface area contributed by atoms with Gasteiger partial charge in [0, 0.05) is 19.0 Å². The van der Waals surface area contributed by atoms with E-state index in [4.69, 9.17) is 11.3 Å². The molecule has 1 fully saturated rings. The summed E-state index contributed by atoms with van der Waals surface area (Å²) in [5.41, 5.74) is -0.425. The predicted octanol–water partition coefficient (Wildman–Crippen LogP) is 3.19. The van der Waals surface area contributed by atoms with Crippen LogP contribution in [0, 0.1) is 18.4 Å². The van der Waals surface area contributed by atoms with Crippen LogP contribution in [0.4, 0.5) is 4.79 Å². The summed E-state index contributed by atoms with van der Waals surface area (Å²) >= 11 is 0. The molecule has 1 heterocycles. The third-order valence-electron chi connectivity index (χ3n) is 3.38. The van der Waals surface area contributed by atoms with Crippen LogP contribution in [0.5, 0.6) is 0 Å². The molecule has 0 spiro atoms. The van der Waals surface area contributed by atoms with Crippen LogP contribution in [0.1, 0.15) is 40.5 Å². The maximum Gasteiger partial charge on any atom is 0.410 e. The molecule has 4 heteroatoms. The topological polar surface area (TPSA) is 33.9 Å². The number of ether oxygens (including phenoxy) is 1. The van der Waals surface area contributed by atoms with E-state index in [0.717, 1.165) is 25.9 Å². The van der Waals surface area contributed by atoms with Gasteiger partial charge in [-0.15, -0.1) is 0 Å². The Bertz CT molecular complexity index is 320. The van der Waals surface area contributed by atoms with E-state index in [1.807, 2.05) is 20.8 Å². The number of rotatable bonds is 2. The first-order chi connectivity index (χ1) is 8.33. The number of hydrogen-bond donors (Lipinski definition) is 0. The number of hydrogen-bond acceptors (Lipinski definition) is 2. The largest absolute Gasteiger partial charge is 0.444 e. The summed E-state index contributed by atoms with van der Waals surface area (Å²) in [5, 5.41) is 0. The molecule has 1 amide bonds. The van der Waals surface area contributed by atoms with Crippen LogP contribution in [0.2, 0.25) is 0 Å². The Labute approximate surface area is 110 Å². The molecule has 0 aromatic carbocycles. The van der Waals surface area contributed by atoms with E-state index in [-0.39, 0.29) is 6.09 Å². The number of carbonyl (C=O) groups excluding carboxylic acids is 1. The molecule has 0 aromatic rings. The summed E-state index contributed by atoms with van der Waals surface area (Å²) in [6.45, 7) is 16.8. The molecular weight excluding hydrogens is 228 g/mol. The summed E-state index contributed by atoms with van der Waals surface area (Å²) in [6.07, 6.45) is 1.75. The van der Waals surface area contributed by atoms with Crippen LogP contribution < -0.4 is 0 Å². The number of piperidine rings is 1. The van der Waals surface area contributed by atoms with Gasteiger partial charge in [-0.3, -0.25) is 0 Å². The van der Waals surface area contributed by atoms with Crippen molar-refractivity contribution < 1.29 is 9.53 Å². The van der Waals surface area contributed by atoms with Crippen molar-refractivity contribution in [1.82, 2.24) is 4.90 Å². The molecule has 1 saturated heterocycles. The average molecular weight is 252 g/mol. The first kappa shape index (κ1) is 14.8. The summed E-state index contributed by atoms with van der Waals surface area (Å²) < 4.78 is 5.36. The van der Waals surface area contributed by atoms with Crippen LogP contribution in [0.15, 0.2) is 0 Å². The van der Waals surface area contributed by atoms with E-state index >= 15 is 0 Å². The Morgan fingerprint density at radius 3 is 2.44 bits per heavy atom. The number of likely N-dealkylation sites (tertiary alicyclic amines) is 1. The summed E-state index contributed by atoms with van der Waals surface area (Å²) in [7, 11) is 0. The maximum absolute atomic E-state index is 11.9. The molecule has 1 aliphatic rings. The Kier molecular flexibility index (Phi) is 5.01. The van der Waals surface area contributed by atoms with E-state index < -0.39 is 5.60 Å². The molecule has 0 N–H and O–H groups in total. The zero-order valence-corrected chi connectivity index (χ0v) is 11.9. The molecule has 0 aliphatic carbocycles. The Morgan fingerprint density at radius 1 is 1.44 bits per heavy atom. The van der Waals surface area contributed by atoms with Gasteiger partial charge in [0.2, 0.25) is 6.54 Å². The SMILES string of the molecule is [C-]#[N+]CC(C)C1CCN(C(=O)OC(C)(C)C)CC1. The molecule has 102 valence electrons. The molecule has 18 heavy (non-hydrogen) atoms. The Hall–Kier alpha value is -1.24. The normalized spacial score (nSPS) is 19.2. The standard InChI is InChI=1S/C14H24N2O2/c1-11(10-15-5)12-6-8-16(9-7-12)13(17)18-14(2,3)4/h11-12H,6-10H2,1-4H3. The molecule has 0 aromatic heterocycles. The molecule has 0 saturated carbocycles. The van der Waals surface area contributed by atoms with Crippen molar-refractivity contribution in [2.24, 2.45) is 11.8 Å². The van der Waals surface area contributed by atoms with Crippen LogP contribution in [0.3, 0.4) is 0 Å². The highest BCUT2D eigenvalue weighted by Gasteiger charge is 2.29. The zero-order chi connectivity index (χ0) is 13.8. The van der Waals surface area contributed by atoms with Crippen LogP contribution in [0.25, 0.3) is 4.85 Å². The molecule has 4 nitrogen and oxygen atoms in total. The van der Waals surface area contributed by atoms with Crippen molar-refractivity contribution in [1.29, 1.82) is 0 Å². The van der Waals surface area contributed by atoms with Crippen LogP contribution in [-0.4, -0.2) is 36.2 Å². The van der Waals surface area contributed by atoms with Gasteiger partial charge in [0.25, 0.3) is 0 Å². The molecule has 1 rings (SSSR count). The summed E-state index contributed by atoms with van der Waals surface area (Å²) in [4.78, 5) is 17.1. The lowest BCUT2D eigenvalue weighted by Crippen LogP contribution is -2.42. The molecular formula is C14H24N2O2. The zero-order valence-electron chi connectivity index (χ0n) is 11.9. The first-order valence-electron chi connectivity index (χ1n) is 6.64. The van der Waals surface area contributed by atoms with Crippen LogP contribution in [-0.2, 0) is 4.74 Å². The summed E-state index contributed by atoms with van der Waals surface area (Å²) in [6, 6.07) is 0. The minimum atomic E-state index is -0.425. The van der Waals surface area contributed by atoms with E-state index in [9.17, 15) is 4.79 Å². The summed E-state index contributed by atoms with van der Waals surface area (Å²) in [5.74, 6) is 1.00. The van der Waals surface area contributed by atoms with Crippen molar-refractivity contribution in [3.05, 3.63) is 11.4 Å². The van der Waals surface area contributed by atoms with Crippen molar-refractivity contribution in [3.8, 4) is 0 Å². The second kappa shape index (κ2) is 6.08. The average Bonchev–Trinajstić information content (AvgIpc) is 2.27. The van der Waals surface area contributed by atoms with Gasteiger partial charge in [0.1, 0.15) is 5.60 Å². The Morgan fingerprint density at radius 2 is 2.00 bits per heavy atom. The third kappa shape index (κ3) is 4.56. The fourth-order valence-corrected chi connectivity index (χ4v) is 2.27. The molecule has 1 aliphatic heterocycles. The fourth-order valence-electron chi connectivity index (χ4n) is 2.27. The van der Waals surface area contributed by atoms with Crippen LogP contribution >= 0.6 is 0 Å². The molecule has 0 radical (unpaired) electrons.